The van der Waals surface area contributed by atoms with Gasteiger partial charge in [-0.2, -0.15) is 0 Å². The summed E-state index contributed by atoms with van der Waals surface area (Å²) in [4.78, 5) is 18.1. The monoisotopic (exact) mass is 522 g/mol. The number of pyridine rings is 1. The van der Waals surface area contributed by atoms with Gasteiger partial charge in [-0.3, -0.25) is 9.98 Å². The van der Waals surface area contributed by atoms with Crippen LogP contribution < -0.4 is 0 Å². The van der Waals surface area contributed by atoms with Gasteiger partial charge in [0.25, 0.3) is 0 Å². The Hall–Kier alpha value is -3.77. The number of aromatic nitrogens is 1. The topological polar surface area (TPSA) is 42.3 Å². The molecule has 39 heavy (non-hydrogen) atoms. The Bertz CT molecular complexity index is 1220. The minimum Gasteiger partial charge on any atom is -0.300 e. The second-order valence-electron chi connectivity index (χ2n) is 9.79. The van der Waals surface area contributed by atoms with Crippen molar-refractivity contribution in [2.75, 3.05) is 0 Å². The van der Waals surface area contributed by atoms with E-state index >= 15 is 0 Å². The molecule has 0 radical (unpaired) electrons. The van der Waals surface area contributed by atoms with Crippen LogP contribution in [0.3, 0.4) is 0 Å². The number of carbonyl (C=O) groups is 1. The van der Waals surface area contributed by atoms with Crippen LogP contribution in [0.15, 0.2) is 95.4 Å². The van der Waals surface area contributed by atoms with Gasteiger partial charge in [-0.05, 0) is 92.7 Å². The molecular weight excluding hydrogens is 476 g/mol. The van der Waals surface area contributed by atoms with Crippen LogP contribution in [0.2, 0.25) is 0 Å². The van der Waals surface area contributed by atoms with E-state index in [0.29, 0.717) is 0 Å². The Labute approximate surface area is 237 Å². The molecule has 3 rings (SSSR count). The summed E-state index contributed by atoms with van der Waals surface area (Å²) in [6.07, 6.45) is 25.1. The van der Waals surface area contributed by atoms with Gasteiger partial charge in [-0.25, -0.2) is 0 Å². The molecule has 1 aromatic heterocycles. The van der Waals surface area contributed by atoms with Crippen LogP contribution in [0.5, 0.6) is 0 Å². The third-order valence-corrected chi connectivity index (χ3v) is 5.62. The summed E-state index contributed by atoms with van der Waals surface area (Å²) in [5, 5.41) is 0. The maximum Gasteiger partial charge on any atom is 0.126 e. The van der Waals surface area contributed by atoms with Crippen LogP contribution in [-0.2, 0) is 11.2 Å². The number of hydrogen-bond acceptors (Lipinski definition) is 3. The number of terminal acetylenes is 1. The summed E-state index contributed by atoms with van der Waals surface area (Å²) in [6.45, 7) is 15.8. The molecule has 0 saturated carbocycles. The van der Waals surface area contributed by atoms with Crippen LogP contribution >= 0.6 is 0 Å². The fraction of sp³-hybridized carbons (Fsp3) is 0.361. The fourth-order valence-corrected chi connectivity index (χ4v) is 3.89. The van der Waals surface area contributed by atoms with Crippen molar-refractivity contribution >= 4 is 11.5 Å². The van der Waals surface area contributed by atoms with Crippen LogP contribution in [0.4, 0.5) is 0 Å². The molecule has 0 amide bonds. The van der Waals surface area contributed by atoms with E-state index in [-0.39, 0.29) is 5.78 Å². The molecule has 0 bridgehead atoms. The molecule has 0 unspecified atom stereocenters. The normalized spacial score (nSPS) is 13.9. The number of benzene rings is 1. The molecule has 3 heteroatoms. The number of allylic oxidation sites excluding steroid dienone is 7. The quantitative estimate of drug-likeness (QED) is 0.243. The van der Waals surface area contributed by atoms with Gasteiger partial charge in [-0.15, -0.1) is 6.42 Å². The average molecular weight is 523 g/mol. The number of Topliss-reactive ketones (excluding diaryl/α,β-unsaturated/α-hetero) is 1. The summed E-state index contributed by atoms with van der Waals surface area (Å²) in [7, 11) is 0. The van der Waals surface area contributed by atoms with E-state index in [4.69, 9.17) is 6.42 Å². The summed E-state index contributed by atoms with van der Waals surface area (Å²) in [6, 6.07) is 10.9. The number of nitrogens with zero attached hydrogens (tertiary/aromatic N) is 2. The van der Waals surface area contributed by atoms with Gasteiger partial charge >= 0.3 is 0 Å². The molecule has 1 aliphatic rings. The van der Waals surface area contributed by atoms with E-state index in [0.717, 1.165) is 48.2 Å². The zero-order chi connectivity index (χ0) is 29.0. The zero-order valence-electron chi connectivity index (χ0n) is 24.9. The van der Waals surface area contributed by atoms with E-state index < -0.39 is 0 Å². The summed E-state index contributed by atoms with van der Waals surface area (Å²) in [5.74, 6) is 2.85. The number of rotatable bonds is 9. The van der Waals surface area contributed by atoms with Crippen LogP contribution in [0, 0.1) is 19.3 Å². The van der Waals surface area contributed by atoms with Crippen molar-refractivity contribution in [1.29, 1.82) is 0 Å². The Morgan fingerprint density at radius 2 is 1.72 bits per heavy atom. The SMILES string of the molecule is C#CC1=C/C(=C/CCCC)C(=NC(=C)CCC)C=C1.CC(C)=O.CCCc1cc(C)cc(-c2ccncc2)c1. The Morgan fingerprint density at radius 1 is 1.03 bits per heavy atom. The molecule has 0 saturated heterocycles. The van der Waals surface area contributed by atoms with Gasteiger partial charge < -0.3 is 4.79 Å². The molecule has 0 spiro atoms. The van der Waals surface area contributed by atoms with Gasteiger partial charge in [0.15, 0.2) is 0 Å². The predicted octanol–water partition coefficient (Wildman–Crippen LogP) is 9.59. The third-order valence-electron chi connectivity index (χ3n) is 5.62. The van der Waals surface area contributed by atoms with Crippen LogP contribution in [0.1, 0.15) is 84.3 Å². The summed E-state index contributed by atoms with van der Waals surface area (Å²) in [5.41, 5.74) is 9.24. The van der Waals surface area contributed by atoms with Crippen molar-refractivity contribution in [3.63, 3.8) is 0 Å². The van der Waals surface area contributed by atoms with Crippen molar-refractivity contribution in [3.8, 4) is 23.5 Å². The van der Waals surface area contributed by atoms with Crippen molar-refractivity contribution in [1.82, 2.24) is 4.98 Å². The van der Waals surface area contributed by atoms with Gasteiger partial charge in [0.05, 0.1) is 5.71 Å². The Morgan fingerprint density at radius 3 is 2.31 bits per heavy atom. The van der Waals surface area contributed by atoms with Crippen molar-refractivity contribution in [2.45, 2.75) is 86.5 Å². The lowest BCUT2D eigenvalue weighted by atomic mass is 9.98. The number of unbranched alkanes of at least 4 members (excludes halogenated alkanes) is 2. The second kappa shape index (κ2) is 19.3. The lowest BCUT2D eigenvalue weighted by molar-refractivity contribution is -0.114. The first-order valence-corrected chi connectivity index (χ1v) is 14.0. The zero-order valence-corrected chi connectivity index (χ0v) is 24.9. The van der Waals surface area contributed by atoms with Gasteiger partial charge in [0, 0.05) is 23.7 Å². The standard InChI is InChI=1S/C18H23N.C15H17N.C3H6O/c1-5-8-9-11-17-14-16(7-3)12-13-18(17)19-15(4)10-6-2;1-3-4-13-9-12(2)10-15(11-13)14-5-7-16-8-6-14;1-3(2)4/h3,11-14H,4-6,8-10H2,1-2H3;5-11H,3-4H2,1-2H3;1-2H3/b17-11-,19-18?;;. The minimum atomic E-state index is 0.167. The van der Waals surface area contributed by atoms with E-state index in [1.54, 1.807) is 0 Å². The molecule has 0 atom stereocenters. The van der Waals surface area contributed by atoms with Gasteiger partial charge in [0.2, 0.25) is 0 Å². The van der Waals surface area contributed by atoms with E-state index in [1.807, 2.05) is 30.6 Å². The van der Waals surface area contributed by atoms with E-state index in [2.05, 4.69) is 86.6 Å². The van der Waals surface area contributed by atoms with E-state index in [1.165, 1.54) is 55.4 Å². The highest BCUT2D eigenvalue weighted by atomic mass is 16.1. The lowest BCUT2D eigenvalue weighted by Gasteiger charge is -2.10. The smallest absolute Gasteiger partial charge is 0.126 e. The molecule has 0 fully saturated rings. The van der Waals surface area contributed by atoms with Crippen molar-refractivity contribution in [3.05, 3.63) is 102 Å². The van der Waals surface area contributed by atoms with Gasteiger partial charge in [-0.1, -0.05) is 88.8 Å². The molecular formula is C36H46N2O. The first-order chi connectivity index (χ1) is 18.7. The van der Waals surface area contributed by atoms with Crippen LogP contribution in [-0.4, -0.2) is 16.5 Å². The first-order valence-electron chi connectivity index (χ1n) is 14.0. The highest BCUT2D eigenvalue weighted by molar-refractivity contribution is 6.12. The van der Waals surface area contributed by atoms with Crippen LogP contribution in [0.25, 0.3) is 11.1 Å². The Kier molecular flexibility index (Phi) is 16.5. The predicted molar refractivity (Wildman–Crippen MR) is 170 cm³/mol. The molecule has 2 aromatic rings. The summed E-state index contributed by atoms with van der Waals surface area (Å²) < 4.78 is 0. The number of carbonyl (C=O) groups excluding carboxylic acids is 1. The fourth-order valence-electron chi connectivity index (χ4n) is 3.89. The minimum absolute atomic E-state index is 0.167. The molecule has 206 valence electrons. The number of aryl methyl sites for hydroxylation is 2. The highest BCUT2D eigenvalue weighted by Gasteiger charge is 2.08. The average Bonchev–Trinajstić information content (AvgIpc) is 2.90. The molecule has 1 aromatic carbocycles. The molecule has 3 nitrogen and oxygen atoms in total. The molecule has 1 heterocycles. The number of hydrogen-bond donors (Lipinski definition) is 0. The second-order valence-corrected chi connectivity index (χ2v) is 9.79. The summed E-state index contributed by atoms with van der Waals surface area (Å²) >= 11 is 0. The highest BCUT2D eigenvalue weighted by Crippen LogP contribution is 2.22. The van der Waals surface area contributed by atoms with Crippen molar-refractivity contribution < 1.29 is 4.79 Å². The number of ketones is 1. The largest absolute Gasteiger partial charge is 0.300 e. The maximum atomic E-state index is 9.44. The first kappa shape index (κ1) is 33.3. The van der Waals surface area contributed by atoms with E-state index in [9.17, 15) is 4.79 Å². The molecule has 0 aliphatic heterocycles. The maximum absolute atomic E-state index is 9.44. The Balaban J connectivity index is 0.000000346. The molecule has 0 N–H and O–H groups in total. The third kappa shape index (κ3) is 14.1. The lowest BCUT2D eigenvalue weighted by Crippen LogP contribution is -2.03. The molecule has 1 aliphatic carbocycles. The number of aliphatic imine (C=N–C) groups is 1. The van der Waals surface area contributed by atoms with Gasteiger partial charge in [0.1, 0.15) is 5.78 Å². The van der Waals surface area contributed by atoms with Crippen molar-refractivity contribution in [2.24, 2.45) is 4.99 Å².